The Bertz CT molecular complexity index is 621. The van der Waals surface area contributed by atoms with Gasteiger partial charge in [-0.3, -0.25) is 0 Å². The van der Waals surface area contributed by atoms with Gasteiger partial charge in [0.25, 0.3) is 0 Å². The number of ether oxygens (including phenoxy) is 4. The summed E-state index contributed by atoms with van der Waals surface area (Å²) in [6, 6.07) is 20.5. The van der Waals surface area contributed by atoms with Crippen LogP contribution in [0, 0.1) is 10.8 Å². The van der Waals surface area contributed by atoms with E-state index in [-0.39, 0.29) is 10.8 Å². The summed E-state index contributed by atoms with van der Waals surface area (Å²) >= 11 is 0. The van der Waals surface area contributed by atoms with Crippen molar-refractivity contribution in [3.63, 3.8) is 0 Å². The standard InChI is InChI=1S/C20H30O4.C6H6/c1-3-19(13-23-14-19)11-21-9-17-5-7-18(8-6-17)10-22-12-20(4-2)15-24-16-20;1-2-4-6-5-3-1/h5-8H,3-4,9-16H2,1-2H3;1-6H. The summed E-state index contributed by atoms with van der Waals surface area (Å²) in [5, 5.41) is 0. The fraction of sp³-hybridized carbons (Fsp3) is 0.538. The van der Waals surface area contributed by atoms with E-state index in [0.717, 1.165) is 52.5 Å². The Morgan fingerprint density at radius 2 is 0.967 bits per heavy atom. The topological polar surface area (TPSA) is 36.9 Å². The predicted octanol–water partition coefficient (Wildman–Crippen LogP) is 5.26. The van der Waals surface area contributed by atoms with Crippen molar-refractivity contribution in [1.29, 1.82) is 0 Å². The third-order valence-corrected chi connectivity index (χ3v) is 6.18. The molecule has 0 radical (unpaired) electrons. The molecule has 0 atom stereocenters. The fourth-order valence-corrected chi connectivity index (χ4v) is 3.45. The zero-order chi connectivity index (χ0) is 21.1. The summed E-state index contributed by atoms with van der Waals surface area (Å²) in [6.45, 7) is 10.7. The maximum absolute atomic E-state index is 5.90. The van der Waals surface area contributed by atoms with Crippen LogP contribution in [-0.4, -0.2) is 39.6 Å². The van der Waals surface area contributed by atoms with Crippen molar-refractivity contribution < 1.29 is 18.9 Å². The van der Waals surface area contributed by atoms with Gasteiger partial charge in [-0.25, -0.2) is 0 Å². The molecule has 2 heterocycles. The van der Waals surface area contributed by atoms with Crippen molar-refractivity contribution in [3.05, 3.63) is 71.8 Å². The molecule has 2 aromatic carbocycles. The highest BCUT2D eigenvalue weighted by Gasteiger charge is 2.37. The minimum absolute atomic E-state index is 0.258. The SMILES string of the molecule is CCC1(COCc2ccc(COCC3(CC)COC3)cc2)COC1.c1ccccc1. The van der Waals surface area contributed by atoms with E-state index in [9.17, 15) is 0 Å². The van der Waals surface area contributed by atoms with E-state index in [1.807, 2.05) is 36.4 Å². The van der Waals surface area contributed by atoms with Gasteiger partial charge in [-0.15, -0.1) is 0 Å². The summed E-state index contributed by atoms with van der Waals surface area (Å²) in [4.78, 5) is 0. The summed E-state index contributed by atoms with van der Waals surface area (Å²) < 4.78 is 22.4. The van der Waals surface area contributed by atoms with Gasteiger partial charge >= 0.3 is 0 Å². The Morgan fingerprint density at radius 3 is 1.20 bits per heavy atom. The number of hydrogen-bond acceptors (Lipinski definition) is 4. The first-order chi connectivity index (χ1) is 14.7. The smallest absolute Gasteiger partial charge is 0.0717 e. The Hall–Kier alpha value is -1.72. The van der Waals surface area contributed by atoms with Crippen LogP contribution in [0.5, 0.6) is 0 Å². The van der Waals surface area contributed by atoms with E-state index >= 15 is 0 Å². The lowest BCUT2D eigenvalue weighted by molar-refractivity contribution is -0.152. The molecule has 0 saturated carbocycles. The maximum Gasteiger partial charge on any atom is 0.0717 e. The highest BCUT2D eigenvalue weighted by Crippen LogP contribution is 2.32. The molecule has 0 aromatic heterocycles. The van der Waals surface area contributed by atoms with Gasteiger partial charge in [0.05, 0.1) is 52.9 Å². The first kappa shape index (κ1) is 23.0. The lowest BCUT2D eigenvalue weighted by atomic mass is 9.84. The van der Waals surface area contributed by atoms with Crippen LogP contribution in [0.15, 0.2) is 60.7 Å². The second kappa shape index (κ2) is 11.6. The molecule has 4 rings (SSSR count). The molecule has 0 bridgehead atoms. The van der Waals surface area contributed by atoms with E-state index in [1.54, 1.807) is 0 Å². The summed E-state index contributed by atoms with van der Waals surface area (Å²) in [6.07, 6.45) is 2.24. The van der Waals surface area contributed by atoms with E-state index in [4.69, 9.17) is 18.9 Å². The summed E-state index contributed by atoms with van der Waals surface area (Å²) in [5.41, 5.74) is 2.94. The first-order valence-electron chi connectivity index (χ1n) is 11.1. The molecule has 2 aliphatic rings. The molecule has 0 spiro atoms. The molecular formula is C26H36O4. The van der Waals surface area contributed by atoms with Crippen molar-refractivity contribution in [2.24, 2.45) is 10.8 Å². The van der Waals surface area contributed by atoms with Crippen LogP contribution >= 0.6 is 0 Å². The lowest BCUT2D eigenvalue weighted by Crippen LogP contribution is -2.45. The van der Waals surface area contributed by atoms with Crippen LogP contribution in [0.25, 0.3) is 0 Å². The van der Waals surface area contributed by atoms with Crippen molar-refractivity contribution in [3.8, 4) is 0 Å². The Labute approximate surface area is 181 Å². The minimum Gasteiger partial charge on any atom is -0.380 e. The van der Waals surface area contributed by atoms with Crippen LogP contribution in [0.1, 0.15) is 37.8 Å². The average molecular weight is 413 g/mol. The van der Waals surface area contributed by atoms with Gasteiger partial charge in [0, 0.05) is 10.8 Å². The van der Waals surface area contributed by atoms with Crippen LogP contribution in [-0.2, 0) is 32.2 Å². The predicted molar refractivity (Wildman–Crippen MR) is 119 cm³/mol. The zero-order valence-electron chi connectivity index (χ0n) is 18.5. The van der Waals surface area contributed by atoms with Gasteiger partial charge in [-0.2, -0.15) is 0 Å². The van der Waals surface area contributed by atoms with Gasteiger partial charge in [0.2, 0.25) is 0 Å². The molecule has 30 heavy (non-hydrogen) atoms. The van der Waals surface area contributed by atoms with Crippen molar-refractivity contribution in [2.75, 3.05) is 39.6 Å². The Morgan fingerprint density at radius 1 is 0.633 bits per heavy atom. The average Bonchev–Trinajstić information content (AvgIpc) is 2.75. The van der Waals surface area contributed by atoms with E-state index < -0.39 is 0 Å². The molecule has 0 N–H and O–H groups in total. The highest BCUT2D eigenvalue weighted by atomic mass is 16.5. The number of hydrogen-bond donors (Lipinski definition) is 0. The number of benzene rings is 2. The largest absolute Gasteiger partial charge is 0.380 e. The third-order valence-electron chi connectivity index (χ3n) is 6.18. The van der Waals surface area contributed by atoms with Crippen molar-refractivity contribution >= 4 is 0 Å². The third kappa shape index (κ3) is 6.64. The molecule has 4 nitrogen and oxygen atoms in total. The quantitative estimate of drug-likeness (QED) is 0.533. The Kier molecular flexibility index (Phi) is 8.88. The van der Waals surface area contributed by atoms with E-state index in [0.29, 0.717) is 13.2 Å². The van der Waals surface area contributed by atoms with E-state index in [2.05, 4.69) is 38.1 Å². The molecule has 0 amide bonds. The van der Waals surface area contributed by atoms with Crippen LogP contribution < -0.4 is 0 Å². The maximum atomic E-state index is 5.90. The first-order valence-corrected chi connectivity index (χ1v) is 11.1. The second-order valence-corrected chi connectivity index (χ2v) is 8.65. The molecule has 2 fully saturated rings. The second-order valence-electron chi connectivity index (χ2n) is 8.65. The minimum atomic E-state index is 0.258. The zero-order valence-corrected chi connectivity index (χ0v) is 18.5. The van der Waals surface area contributed by atoms with E-state index in [1.165, 1.54) is 11.1 Å². The van der Waals surface area contributed by atoms with Crippen LogP contribution in [0.4, 0.5) is 0 Å². The molecule has 2 aliphatic heterocycles. The lowest BCUT2D eigenvalue weighted by Gasteiger charge is -2.40. The van der Waals surface area contributed by atoms with Crippen molar-refractivity contribution in [2.45, 2.75) is 39.9 Å². The number of rotatable bonds is 10. The van der Waals surface area contributed by atoms with Gasteiger partial charge < -0.3 is 18.9 Å². The summed E-state index contributed by atoms with van der Waals surface area (Å²) in [7, 11) is 0. The molecule has 4 heteroatoms. The van der Waals surface area contributed by atoms with Crippen LogP contribution in [0.2, 0.25) is 0 Å². The highest BCUT2D eigenvalue weighted by molar-refractivity contribution is 5.21. The normalized spacial score (nSPS) is 18.5. The van der Waals surface area contributed by atoms with Crippen molar-refractivity contribution in [1.82, 2.24) is 0 Å². The molecule has 164 valence electrons. The molecule has 0 unspecified atom stereocenters. The molecular weight excluding hydrogens is 376 g/mol. The molecule has 0 aliphatic carbocycles. The monoisotopic (exact) mass is 412 g/mol. The fourth-order valence-electron chi connectivity index (χ4n) is 3.45. The van der Waals surface area contributed by atoms with Gasteiger partial charge in [0.1, 0.15) is 0 Å². The molecule has 2 saturated heterocycles. The van der Waals surface area contributed by atoms with Crippen LogP contribution in [0.3, 0.4) is 0 Å². The van der Waals surface area contributed by atoms with Gasteiger partial charge in [-0.1, -0.05) is 74.5 Å². The Balaban J connectivity index is 0.000000367. The van der Waals surface area contributed by atoms with Gasteiger partial charge in [0.15, 0.2) is 0 Å². The van der Waals surface area contributed by atoms with Gasteiger partial charge in [-0.05, 0) is 24.0 Å². The summed E-state index contributed by atoms with van der Waals surface area (Å²) in [5.74, 6) is 0. The molecule has 2 aromatic rings.